The number of rotatable bonds is 2. The van der Waals surface area contributed by atoms with Gasteiger partial charge in [0.15, 0.2) is 0 Å². The van der Waals surface area contributed by atoms with Crippen LogP contribution in [0, 0.1) is 0 Å². The first-order chi connectivity index (χ1) is 27.6. The predicted molar refractivity (Wildman–Crippen MR) is 228 cm³/mol. The molecule has 0 radical (unpaired) electrons. The Labute approximate surface area is 326 Å². The number of hydrogen-bond donors (Lipinski definition) is 0. The highest BCUT2D eigenvalue weighted by Crippen LogP contribution is 2.83. The van der Waals surface area contributed by atoms with Gasteiger partial charge in [0.05, 0.1) is 0 Å². The van der Waals surface area contributed by atoms with Gasteiger partial charge in [0.25, 0.3) is 0 Å². The molecule has 56 heavy (non-hydrogen) atoms. The first-order valence-electron chi connectivity index (χ1n) is 21.2. The van der Waals surface area contributed by atoms with Gasteiger partial charge in [-0.15, -0.1) is 0 Å². The van der Waals surface area contributed by atoms with Crippen LogP contribution in [0.5, 0.6) is 0 Å². The fourth-order valence-corrected chi connectivity index (χ4v) is 16.2. The zero-order valence-electron chi connectivity index (χ0n) is 31.6. The van der Waals surface area contributed by atoms with Crippen molar-refractivity contribution < 1.29 is 0 Å². The molecular weight excluding hydrogens is 673 g/mol. The third kappa shape index (κ3) is 2.64. The van der Waals surface area contributed by atoms with Crippen molar-refractivity contribution >= 4 is 21.5 Å². The number of fused-ring (bicyclic) bond motifs is 8. The van der Waals surface area contributed by atoms with Crippen LogP contribution < -0.4 is 0 Å². The van der Waals surface area contributed by atoms with E-state index in [0.29, 0.717) is 35.5 Å². The van der Waals surface area contributed by atoms with Crippen LogP contribution in [-0.4, -0.2) is 0 Å². The summed E-state index contributed by atoms with van der Waals surface area (Å²) < 4.78 is 0. The Kier molecular flexibility index (Phi) is 4.50. The van der Waals surface area contributed by atoms with E-state index in [1.807, 2.05) is 0 Å². The smallest absolute Gasteiger partial charge is 0.0111 e. The van der Waals surface area contributed by atoms with Gasteiger partial charge in [-0.2, -0.15) is 0 Å². The van der Waals surface area contributed by atoms with E-state index in [4.69, 9.17) is 0 Å². The largest absolute Gasteiger partial charge is 0.0622 e. The molecule has 0 spiro atoms. The highest BCUT2D eigenvalue weighted by atomic mass is 14.7. The molecule has 8 atom stereocenters. The second-order valence-corrected chi connectivity index (χ2v) is 19.2. The molecule has 8 aromatic carbocycles. The Morgan fingerprint density at radius 1 is 0.393 bits per heavy atom. The van der Waals surface area contributed by atoms with Crippen LogP contribution in [0.3, 0.4) is 0 Å². The standard InChI is InChI=1S/C56H38/c1-55-39-25-37-29-17-9-11-19-31(29)43-41(27-13-5-3-6-14-27)35-24-22-34-40-26-38-30-18-10-12-20-32(30)44-42(28-15-7-4-8-16-28)36-23-21-33(39)45-48(36)52(50(38)44)56(40,2)54(53(45)55)46(34)47(35)51(55)49(37)43/h3-24,37-40,53-54H,25-26H2,1-2H3/t37-,38-,39+,40+,53+,54+,55-,56-/m0/s1. The Bertz CT molecular complexity index is 3040. The Morgan fingerprint density at radius 2 is 0.804 bits per heavy atom. The molecule has 16 rings (SSSR count). The first kappa shape index (κ1) is 28.7. The molecule has 262 valence electrons. The van der Waals surface area contributed by atoms with Crippen molar-refractivity contribution in [2.75, 3.05) is 0 Å². The average Bonchev–Trinajstić information content (AvgIpc) is 3.91. The molecule has 0 unspecified atom stereocenters. The fourth-order valence-electron chi connectivity index (χ4n) is 16.2. The van der Waals surface area contributed by atoms with Crippen molar-refractivity contribution in [2.45, 2.75) is 73.0 Å². The zero-order chi connectivity index (χ0) is 36.1. The quantitative estimate of drug-likeness (QED) is 0.168. The molecule has 0 heterocycles. The maximum Gasteiger partial charge on any atom is 0.0111 e. The molecule has 8 aromatic rings. The predicted octanol–water partition coefficient (Wildman–Crippen LogP) is 14.0. The van der Waals surface area contributed by atoms with Crippen molar-refractivity contribution in [1.82, 2.24) is 0 Å². The minimum absolute atomic E-state index is 0.0321. The van der Waals surface area contributed by atoms with Crippen LogP contribution in [0.15, 0.2) is 133 Å². The second-order valence-electron chi connectivity index (χ2n) is 19.2. The lowest BCUT2D eigenvalue weighted by Crippen LogP contribution is -2.49. The summed E-state index contributed by atoms with van der Waals surface area (Å²) in [7, 11) is 0. The third-order valence-electron chi connectivity index (χ3n) is 17.7. The summed E-state index contributed by atoms with van der Waals surface area (Å²) in [5.41, 5.74) is 28.6. The summed E-state index contributed by atoms with van der Waals surface area (Å²) in [5, 5.41) is 6.32. The lowest BCUT2D eigenvalue weighted by molar-refractivity contribution is 0.196. The molecule has 0 heteroatoms. The van der Waals surface area contributed by atoms with Gasteiger partial charge in [0.2, 0.25) is 0 Å². The fraction of sp³-hybridized carbons (Fsp3) is 0.214. The average molecular weight is 711 g/mol. The van der Waals surface area contributed by atoms with E-state index in [2.05, 4.69) is 147 Å². The van der Waals surface area contributed by atoms with Crippen molar-refractivity contribution in [3.05, 3.63) is 189 Å². The summed E-state index contributed by atoms with van der Waals surface area (Å²) in [4.78, 5) is 0. The van der Waals surface area contributed by atoms with E-state index >= 15 is 0 Å². The topological polar surface area (TPSA) is 0 Å². The summed E-state index contributed by atoms with van der Waals surface area (Å²) in [5.74, 6) is 2.77. The minimum Gasteiger partial charge on any atom is -0.0622 e. The van der Waals surface area contributed by atoms with Gasteiger partial charge in [-0.25, -0.2) is 0 Å². The molecule has 8 aliphatic carbocycles. The lowest BCUT2D eigenvalue weighted by atomic mass is 9.45. The molecule has 0 N–H and O–H groups in total. The SMILES string of the molecule is C[C@]12c3c4c5c(-c6ccccc6)c6ccc7c(c36)[C@@H]3[C@H]1c1c(ccc6c(-c8ccccc8)c8c9c(c16)[C@]3(C)[C@@H]7C[C@H]9c1ccccc1-8)[C@H]2C[C@H]4c1ccccc1-5. The van der Waals surface area contributed by atoms with Crippen molar-refractivity contribution in [2.24, 2.45) is 0 Å². The summed E-state index contributed by atoms with van der Waals surface area (Å²) >= 11 is 0. The van der Waals surface area contributed by atoms with Crippen LogP contribution in [0.2, 0.25) is 0 Å². The second kappa shape index (κ2) is 8.80. The van der Waals surface area contributed by atoms with Crippen LogP contribution in [0.25, 0.3) is 66.1 Å². The molecule has 8 aliphatic rings. The normalized spacial score (nSPS) is 29.6. The van der Waals surface area contributed by atoms with E-state index in [0.717, 1.165) is 0 Å². The van der Waals surface area contributed by atoms with Gasteiger partial charge in [-0.3, -0.25) is 0 Å². The maximum absolute atomic E-state index is 2.77. The van der Waals surface area contributed by atoms with Gasteiger partial charge in [0.1, 0.15) is 0 Å². The van der Waals surface area contributed by atoms with Crippen molar-refractivity contribution in [1.29, 1.82) is 0 Å². The van der Waals surface area contributed by atoms with E-state index in [1.54, 1.807) is 77.5 Å². The third-order valence-corrected chi connectivity index (χ3v) is 17.7. The van der Waals surface area contributed by atoms with Crippen LogP contribution in [0.1, 0.15) is 118 Å². The first-order valence-corrected chi connectivity index (χ1v) is 21.2. The van der Waals surface area contributed by atoms with Crippen LogP contribution >= 0.6 is 0 Å². The highest BCUT2D eigenvalue weighted by Gasteiger charge is 2.71. The van der Waals surface area contributed by atoms with E-state index in [-0.39, 0.29) is 10.8 Å². The number of hydrogen-bond acceptors (Lipinski definition) is 0. The summed E-state index contributed by atoms with van der Waals surface area (Å²) in [6.07, 6.45) is 2.40. The minimum atomic E-state index is 0.0321. The Balaban J connectivity index is 1.15. The molecule has 0 saturated carbocycles. The van der Waals surface area contributed by atoms with Crippen molar-refractivity contribution in [3.63, 3.8) is 0 Å². The Hall–Kier alpha value is -5.72. The Morgan fingerprint density at radius 3 is 1.25 bits per heavy atom. The van der Waals surface area contributed by atoms with Gasteiger partial charge >= 0.3 is 0 Å². The van der Waals surface area contributed by atoms with Gasteiger partial charge < -0.3 is 0 Å². The van der Waals surface area contributed by atoms with E-state index < -0.39 is 0 Å². The number of benzene rings is 8. The molecule has 0 aliphatic heterocycles. The molecule has 0 aromatic heterocycles. The monoisotopic (exact) mass is 710 g/mol. The maximum atomic E-state index is 2.77. The van der Waals surface area contributed by atoms with E-state index in [9.17, 15) is 0 Å². The highest BCUT2D eigenvalue weighted by molar-refractivity contribution is 6.16. The molecule has 0 saturated heterocycles. The summed E-state index contributed by atoms with van der Waals surface area (Å²) in [6.45, 7) is 5.55. The molecule has 0 nitrogen and oxygen atoms in total. The molecular formula is C56H38. The zero-order valence-corrected chi connectivity index (χ0v) is 31.6. The van der Waals surface area contributed by atoms with E-state index in [1.165, 1.54) is 57.0 Å². The summed E-state index contributed by atoms with van der Waals surface area (Å²) in [6, 6.07) is 52.5. The van der Waals surface area contributed by atoms with Gasteiger partial charge in [-0.1, -0.05) is 147 Å². The molecule has 0 amide bonds. The van der Waals surface area contributed by atoms with Gasteiger partial charge in [-0.05, 0) is 146 Å². The van der Waals surface area contributed by atoms with Crippen LogP contribution in [0.4, 0.5) is 0 Å². The van der Waals surface area contributed by atoms with Gasteiger partial charge in [0, 0.05) is 34.5 Å². The molecule has 0 fully saturated rings. The van der Waals surface area contributed by atoms with Crippen molar-refractivity contribution in [3.8, 4) is 44.5 Å². The lowest BCUT2D eigenvalue weighted by Gasteiger charge is -2.57. The molecule has 0 bridgehead atoms. The van der Waals surface area contributed by atoms with Crippen LogP contribution in [-0.2, 0) is 10.8 Å².